The van der Waals surface area contributed by atoms with E-state index in [0.717, 1.165) is 0 Å². The summed E-state index contributed by atoms with van der Waals surface area (Å²) in [7, 11) is 1.51. The zero-order chi connectivity index (χ0) is 15.0. The van der Waals surface area contributed by atoms with Crippen LogP contribution in [0.1, 0.15) is 12.7 Å². The van der Waals surface area contributed by atoms with Crippen molar-refractivity contribution in [3.05, 3.63) is 11.9 Å². The van der Waals surface area contributed by atoms with Crippen LogP contribution in [0.25, 0.3) is 0 Å². The second-order valence-electron chi connectivity index (χ2n) is 4.05. The zero-order valence-electron chi connectivity index (χ0n) is 11.6. The predicted octanol–water partition coefficient (Wildman–Crippen LogP) is 1.12. The number of nitrogens with one attached hydrogen (secondary N) is 1. The Hall–Kier alpha value is -1.54. The number of rotatable bonds is 9. The number of alkyl halides is 2. The molecule has 0 aliphatic heterocycles. The minimum Gasteiger partial charge on any atom is -0.395 e. The molecule has 0 atom stereocenters. The first-order valence-electron chi connectivity index (χ1n) is 6.35. The van der Waals surface area contributed by atoms with Gasteiger partial charge in [-0.15, -0.1) is 0 Å². The van der Waals surface area contributed by atoms with Gasteiger partial charge in [-0.3, -0.25) is 0 Å². The second kappa shape index (κ2) is 8.60. The summed E-state index contributed by atoms with van der Waals surface area (Å²) in [5, 5.41) is 12.0. The summed E-state index contributed by atoms with van der Waals surface area (Å²) in [6.07, 6.45) is -2.51. The number of methoxy groups -OCH3 is 1. The van der Waals surface area contributed by atoms with Gasteiger partial charge in [0.05, 0.1) is 13.2 Å². The molecule has 114 valence electrons. The van der Waals surface area contributed by atoms with E-state index >= 15 is 0 Å². The minimum atomic E-state index is -2.51. The maximum atomic E-state index is 12.6. The van der Waals surface area contributed by atoms with Crippen LogP contribution in [-0.4, -0.2) is 54.9 Å². The summed E-state index contributed by atoms with van der Waals surface area (Å²) in [6.45, 7) is 2.11. The zero-order valence-corrected chi connectivity index (χ0v) is 11.6. The van der Waals surface area contributed by atoms with Gasteiger partial charge in [0.15, 0.2) is 5.82 Å². The lowest BCUT2D eigenvalue weighted by atomic mass is 10.4. The molecule has 0 amide bonds. The molecule has 1 aromatic rings. The molecule has 0 unspecified atom stereocenters. The Bertz CT molecular complexity index is 383. The standard InChI is InChI=1S/C12H20F2N4O2/c1-3-15-10-6-12(17-11(16-10)8-20-2)18(4-5-19)7-9(13)14/h6,9,19H,3-5,7-8H2,1-2H3,(H,15,16,17). The number of hydrogen-bond donors (Lipinski definition) is 2. The van der Waals surface area contributed by atoms with Gasteiger partial charge in [-0.25, -0.2) is 18.7 Å². The Morgan fingerprint density at radius 2 is 2.20 bits per heavy atom. The van der Waals surface area contributed by atoms with Crippen LogP contribution in [0, 0.1) is 0 Å². The molecule has 1 heterocycles. The smallest absolute Gasteiger partial charge is 0.255 e. The van der Waals surface area contributed by atoms with Gasteiger partial charge >= 0.3 is 0 Å². The molecule has 0 fully saturated rings. The van der Waals surface area contributed by atoms with E-state index in [0.29, 0.717) is 24.0 Å². The van der Waals surface area contributed by atoms with Crippen LogP contribution in [0.2, 0.25) is 0 Å². The molecule has 0 saturated carbocycles. The highest BCUT2D eigenvalue weighted by Crippen LogP contribution is 2.17. The van der Waals surface area contributed by atoms with Crippen molar-refractivity contribution >= 4 is 11.6 Å². The highest BCUT2D eigenvalue weighted by atomic mass is 19.3. The molecule has 2 N–H and O–H groups in total. The van der Waals surface area contributed by atoms with Crippen molar-refractivity contribution in [2.24, 2.45) is 0 Å². The topological polar surface area (TPSA) is 70.5 Å². The van der Waals surface area contributed by atoms with Crippen LogP contribution < -0.4 is 10.2 Å². The molecule has 0 radical (unpaired) electrons. The van der Waals surface area contributed by atoms with Crippen molar-refractivity contribution in [3.63, 3.8) is 0 Å². The Kier molecular flexibility index (Phi) is 7.10. The van der Waals surface area contributed by atoms with Crippen LogP contribution in [-0.2, 0) is 11.3 Å². The van der Waals surface area contributed by atoms with Crippen LogP contribution in [0.3, 0.4) is 0 Å². The van der Waals surface area contributed by atoms with Crippen LogP contribution in [0.4, 0.5) is 20.4 Å². The molecular formula is C12H20F2N4O2. The molecule has 0 bridgehead atoms. The molecule has 6 nitrogen and oxygen atoms in total. The maximum absolute atomic E-state index is 12.6. The summed E-state index contributed by atoms with van der Waals surface area (Å²) in [4.78, 5) is 9.72. The van der Waals surface area contributed by atoms with Crippen molar-refractivity contribution in [3.8, 4) is 0 Å². The molecule has 0 spiro atoms. The third-order valence-electron chi connectivity index (χ3n) is 2.44. The third-order valence-corrected chi connectivity index (χ3v) is 2.44. The molecule has 0 aromatic carbocycles. The number of hydrogen-bond acceptors (Lipinski definition) is 6. The fourth-order valence-electron chi connectivity index (χ4n) is 1.70. The molecule has 20 heavy (non-hydrogen) atoms. The van der Waals surface area contributed by atoms with E-state index in [1.807, 2.05) is 6.92 Å². The Balaban J connectivity index is 3.03. The van der Waals surface area contributed by atoms with Gasteiger partial charge in [0.1, 0.15) is 18.2 Å². The van der Waals surface area contributed by atoms with Gasteiger partial charge < -0.3 is 20.1 Å². The van der Waals surface area contributed by atoms with Crippen molar-refractivity contribution in [1.82, 2.24) is 9.97 Å². The lowest BCUT2D eigenvalue weighted by Crippen LogP contribution is -2.32. The van der Waals surface area contributed by atoms with Crippen molar-refractivity contribution < 1.29 is 18.6 Å². The number of halogens is 2. The average molecular weight is 290 g/mol. The first kappa shape index (κ1) is 16.5. The lowest BCUT2D eigenvalue weighted by molar-refractivity contribution is 0.152. The predicted molar refractivity (Wildman–Crippen MR) is 72.2 cm³/mol. The third kappa shape index (κ3) is 5.22. The monoisotopic (exact) mass is 290 g/mol. The first-order chi connectivity index (χ1) is 9.60. The van der Waals surface area contributed by atoms with Crippen LogP contribution in [0.5, 0.6) is 0 Å². The van der Waals surface area contributed by atoms with Crippen LogP contribution >= 0.6 is 0 Å². The number of aromatic nitrogens is 2. The summed E-state index contributed by atoms with van der Waals surface area (Å²) >= 11 is 0. The van der Waals surface area contributed by atoms with Crippen molar-refractivity contribution in [2.45, 2.75) is 20.0 Å². The van der Waals surface area contributed by atoms with E-state index < -0.39 is 13.0 Å². The normalized spacial score (nSPS) is 10.9. The molecular weight excluding hydrogens is 270 g/mol. The highest BCUT2D eigenvalue weighted by Gasteiger charge is 2.15. The Labute approximate surface area is 116 Å². The summed E-state index contributed by atoms with van der Waals surface area (Å²) in [6, 6.07) is 1.58. The van der Waals surface area contributed by atoms with E-state index in [2.05, 4.69) is 15.3 Å². The van der Waals surface area contributed by atoms with Gasteiger partial charge in [-0.05, 0) is 6.92 Å². The van der Waals surface area contributed by atoms with Gasteiger partial charge in [0.2, 0.25) is 0 Å². The number of ether oxygens (including phenoxy) is 1. The van der Waals surface area contributed by atoms with E-state index in [9.17, 15) is 8.78 Å². The number of anilines is 2. The van der Waals surface area contributed by atoms with E-state index in [4.69, 9.17) is 9.84 Å². The SMILES string of the molecule is CCNc1cc(N(CCO)CC(F)F)nc(COC)n1. The number of aliphatic hydroxyl groups excluding tert-OH is 1. The Morgan fingerprint density at radius 1 is 1.45 bits per heavy atom. The van der Waals surface area contributed by atoms with Gasteiger partial charge in [-0.2, -0.15) is 0 Å². The fourth-order valence-corrected chi connectivity index (χ4v) is 1.70. The van der Waals surface area contributed by atoms with Crippen molar-refractivity contribution in [2.75, 3.05) is 43.6 Å². The quantitative estimate of drug-likeness (QED) is 0.710. The van der Waals surface area contributed by atoms with Gasteiger partial charge in [0.25, 0.3) is 6.43 Å². The molecule has 0 aliphatic rings. The number of nitrogens with zero attached hydrogens (tertiary/aromatic N) is 3. The molecule has 1 aromatic heterocycles. The van der Waals surface area contributed by atoms with E-state index in [1.165, 1.54) is 12.0 Å². The lowest BCUT2D eigenvalue weighted by Gasteiger charge is -2.23. The maximum Gasteiger partial charge on any atom is 0.255 e. The largest absolute Gasteiger partial charge is 0.395 e. The first-order valence-corrected chi connectivity index (χ1v) is 6.35. The minimum absolute atomic E-state index is 0.0827. The van der Waals surface area contributed by atoms with Gasteiger partial charge in [-0.1, -0.05) is 0 Å². The van der Waals surface area contributed by atoms with E-state index in [1.54, 1.807) is 6.07 Å². The Morgan fingerprint density at radius 3 is 2.75 bits per heavy atom. The number of aliphatic hydroxyl groups is 1. The molecule has 1 rings (SSSR count). The summed E-state index contributed by atoms with van der Waals surface area (Å²) < 4.78 is 30.1. The van der Waals surface area contributed by atoms with Crippen LogP contribution in [0.15, 0.2) is 6.07 Å². The second-order valence-corrected chi connectivity index (χ2v) is 4.05. The van der Waals surface area contributed by atoms with Gasteiger partial charge in [0, 0.05) is 26.3 Å². The van der Waals surface area contributed by atoms with E-state index in [-0.39, 0.29) is 19.8 Å². The van der Waals surface area contributed by atoms with Crippen molar-refractivity contribution in [1.29, 1.82) is 0 Å². The summed E-state index contributed by atoms with van der Waals surface area (Å²) in [5.41, 5.74) is 0. The molecule has 0 aliphatic carbocycles. The average Bonchev–Trinajstić information content (AvgIpc) is 2.38. The highest BCUT2D eigenvalue weighted by molar-refractivity contribution is 5.49. The fraction of sp³-hybridized carbons (Fsp3) is 0.667. The summed E-state index contributed by atoms with van der Waals surface area (Å²) in [5.74, 6) is 1.29. The molecule has 0 saturated heterocycles. The molecule has 8 heteroatoms.